The molecule has 0 aliphatic carbocycles. The van der Waals surface area contributed by atoms with Crippen LogP contribution >= 0.6 is 7.82 Å². The minimum atomic E-state index is -4.28. The first kappa shape index (κ1) is 55.5. The summed E-state index contributed by atoms with van der Waals surface area (Å²) in [6, 6.07) is 0. The highest BCUT2D eigenvalue weighted by Gasteiger charge is 2.25. The molecule has 3 N–H and O–H groups in total. The van der Waals surface area contributed by atoms with Gasteiger partial charge in [0, 0.05) is 19.6 Å². The highest BCUT2D eigenvalue weighted by Crippen LogP contribution is 2.43. The van der Waals surface area contributed by atoms with E-state index in [1.54, 1.807) is 0 Å². The average molecular weight is 824 g/mol. The molecule has 0 heterocycles. The summed E-state index contributed by atoms with van der Waals surface area (Å²) in [6.07, 6.45) is 54.2. The first-order valence-electron chi connectivity index (χ1n) is 23.6. The van der Waals surface area contributed by atoms with E-state index in [1.807, 2.05) is 0 Å². The van der Waals surface area contributed by atoms with Gasteiger partial charge in [0.1, 0.15) is 6.10 Å². The predicted molar refractivity (Wildman–Crippen MR) is 243 cm³/mol. The molecule has 0 fully saturated rings. The SMILES string of the molecule is CCCCCCC/C=C\C/C=C\C/C=C\CCCCCCCCCOCC(COP(=O)(O)OCCN)OC(=O)CCCCCCC/C=C\CCCCCCCCC. The van der Waals surface area contributed by atoms with Gasteiger partial charge in [0.2, 0.25) is 0 Å². The molecular formula is C48H90NO7P. The number of phosphoric ester groups is 1. The Morgan fingerprint density at radius 3 is 1.40 bits per heavy atom. The van der Waals surface area contributed by atoms with E-state index in [0.29, 0.717) is 13.0 Å². The molecule has 8 nitrogen and oxygen atoms in total. The van der Waals surface area contributed by atoms with Gasteiger partial charge in [0.25, 0.3) is 0 Å². The molecule has 0 aromatic carbocycles. The number of ether oxygens (including phenoxy) is 2. The van der Waals surface area contributed by atoms with E-state index < -0.39 is 13.9 Å². The molecule has 0 bridgehead atoms. The molecule has 0 saturated heterocycles. The maximum atomic E-state index is 12.6. The van der Waals surface area contributed by atoms with Crippen molar-refractivity contribution in [2.75, 3.05) is 33.0 Å². The third-order valence-corrected chi connectivity index (χ3v) is 11.0. The van der Waals surface area contributed by atoms with Crippen LogP contribution in [0.3, 0.4) is 0 Å². The first-order valence-corrected chi connectivity index (χ1v) is 25.1. The topological polar surface area (TPSA) is 117 Å². The Morgan fingerprint density at radius 2 is 0.930 bits per heavy atom. The molecule has 0 amide bonds. The molecule has 0 aliphatic rings. The molecule has 0 aliphatic heterocycles. The van der Waals surface area contributed by atoms with Crippen molar-refractivity contribution in [2.45, 2.75) is 219 Å². The van der Waals surface area contributed by atoms with Crippen LogP contribution in [0.25, 0.3) is 0 Å². The van der Waals surface area contributed by atoms with Crippen molar-refractivity contribution < 1.29 is 32.8 Å². The fraction of sp³-hybridized carbons (Fsp3) is 0.812. The third kappa shape index (κ3) is 45.4. The predicted octanol–water partition coefficient (Wildman–Crippen LogP) is 14.4. The van der Waals surface area contributed by atoms with Gasteiger partial charge in [0.05, 0.1) is 19.8 Å². The Labute approximate surface area is 351 Å². The van der Waals surface area contributed by atoms with Gasteiger partial charge in [0.15, 0.2) is 0 Å². The minimum absolute atomic E-state index is 0.0960. The monoisotopic (exact) mass is 824 g/mol. The largest absolute Gasteiger partial charge is 0.472 e. The Bertz CT molecular complexity index is 1010. The average Bonchev–Trinajstić information content (AvgIpc) is 3.20. The normalized spacial score (nSPS) is 13.8. The number of phosphoric acid groups is 1. The minimum Gasteiger partial charge on any atom is -0.457 e. The highest BCUT2D eigenvalue weighted by atomic mass is 31.2. The quantitative estimate of drug-likeness (QED) is 0.0270. The maximum absolute atomic E-state index is 12.6. The lowest BCUT2D eigenvalue weighted by Crippen LogP contribution is -2.28. The lowest BCUT2D eigenvalue weighted by Gasteiger charge is -2.20. The highest BCUT2D eigenvalue weighted by molar-refractivity contribution is 7.47. The second-order valence-electron chi connectivity index (χ2n) is 15.6. The third-order valence-electron chi connectivity index (χ3n) is 9.97. The summed E-state index contributed by atoms with van der Waals surface area (Å²) < 4.78 is 33.5. The summed E-state index contributed by atoms with van der Waals surface area (Å²) in [4.78, 5) is 22.5. The number of hydrogen-bond donors (Lipinski definition) is 2. The summed E-state index contributed by atoms with van der Waals surface area (Å²) in [5.41, 5.74) is 5.38. The molecule has 334 valence electrons. The van der Waals surface area contributed by atoms with Crippen LogP contribution in [-0.4, -0.2) is 49.9 Å². The van der Waals surface area contributed by atoms with Crippen molar-refractivity contribution >= 4 is 13.8 Å². The molecule has 9 heteroatoms. The molecule has 57 heavy (non-hydrogen) atoms. The van der Waals surface area contributed by atoms with E-state index in [2.05, 4.69) is 62.5 Å². The van der Waals surface area contributed by atoms with E-state index in [4.69, 9.17) is 24.3 Å². The van der Waals surface area contributed by atoms with Crippen LogP contribution in [0.1, 0.15) is 213 Å². The van der Waals surface area contributed by atoms with E-state index in [9.17, 15) is 14.3 Å². The Morgan fingerprint density at radius 1 is 0.526 bits per heavy atom. The molecule has 0 spiro atoms. The van der Waals surface area contributed by atoms with E-state index in [1.165, 1.54) is 128 Å². The molecule has 0 aromatic heterocycles. The lowest BCUT2D eigenvalue weighted by molar-refractivity contribution is -0.154. The van der Waals surface area contributed by atoms with Crippen molar-refractivity contribution in [3.8, 4) is 0 Å². The van der Waals surface area contributed by atoms with Crippen LogP contribution in [0.5, 0.6) is 0 Å². The zero-order valence-corrected chi connectivity index (χ0v) is 38.0. The number of unbranched alkanes of at least 4 members (excludes halogenated alkanes) is 24. The van der Waals surface area contributed by atoms with Crippen molar-refractivity contribution in [2.24, 2.45) is 5.73 Å². The molecule has 0 saturated carbocycles. The van der Waals surface area contributed by atoms with Crippen molar-refractivity contribution in [3.63, 3.8) is 0 Å². The zero-order valence-electron chi connectivity index (χ0n) is 37.1. The summed E-state index contributed by atoms with van der Waals surface area (Å²) in [6.45, 7) is 4.89. The van der Waals surface area contributed by atoms with Gasteiger partial charge in [-0.2, -0.15) is 0 Å². The van der Waals surface area contributed by atoms with Crippen LogP contribution < -0.4 is 5.73 Å². The number of carbonyl (C=O) groups is 1. The second kappa shape index (κ2) is 45.5. The van der Waals surface area contributed by atoms with Crippen molar-refractivity contribution in [1.82, 2.24) is 0 Å². The van der Waals surface area contributed by atoms with Gasteiger partial charge in [-0.1, -0.05) is 178 Å². The number of allylic oxidation sites excluding steroid dienone is 8. The standard InChI is InChI=1S/C48H90NO7P/c1-3-5-7-9-11-13-15-17-19-21-22-23-24-25-26-28-30-32-34-36-38-40-43-53-45-47(46-55-57(51,52)54-44-42-49)56-48(50)41-39-37-35-33-31-29-27-20-18-16-14-12-10-8-6-4-2/h15,17,20-22,24-25,27,47H,3-14,16,18-19,23,26,28-46,49H2,1-2H3,(H,51,52)/b17-15-,22-21-,25-24-,27-20-. The lowest BCUT2D eigenvalue weighted by atomic mass is 10.1. The molecule has 2 unspecified atom stereocenters. The summed E-state index contributed by atoms with van der Waals surface area (Å²) >= 11 is 0. The Balaban J connectivity index is 4.02. The maximum Gasteiger partial charge on any atom is 0.472 e. The molecule has 0 radical (unpaired) electrons. The summed E-state index contributed by atoms with van der Waals surface area (Å²) in [7, 11) is -4.28. The second-order valence-corrected chi connectivity index (χ2v) is 17.1. The van der Waals surface area contributed by atoms with E-state index in [0.717, 1.165) is 64.2 Å². The number of rotatable bonds is 45. The van der Waals surface area contributed by atoms with Crippen molar-refractivity contribution in [3.05, 3.63) is 48.6 Å². The molecule has 2 atom stereocenters. The van der Waals surface area contributed by atoms with Crippen LogP contribution in [0.15, 0.2) is 48.6 Å². The molecular weight excluding hydrogens is 734 g/mol. The van der Waals surface area contributed by atoms with Gasteiger partial charge in [-0.05, 0) is 77.0 Å². The van der Waals surface area contributed by atoms with Crippen LogP contribution in [0.4, 0.5) is 0 Å². The smallest absolute Gasteiger partial charge is 0.457 e. The zero-order chi connectivity index (χ0) is 41.6. The number of nitrogens with two attached hydrogens (primary N) is 1. The van der Waals surface area contributed by atoms with Crippen LogP contribution in [0.2, 0.25) is 0 Å². The molecule has 0 rings (SSSR count). The van der Waals surface area contributed by atoms with Gasteiger partial charge < -0.3 is 20.1 Å². The fourth-order valence-corrected chi connectivity index (χ4v) is 7.23. The molecule has 0 aromatic rings. The number of carbonyl (C=O) groups excluding carboxylic acids is 1. The summed E-state index contributed by atoms with van der Waals surface area (Å²) in [5, 5.41) is 0. The van der Waals surface area contributed by atoms with Gasteiger partial charge in [-0.25, -0.2) is 4.57 Å². The Hall–Kier alpha value is -1.54. The van der Waals surface area contributed by atoms with Gasteiger partial charge in [-0.15, -0.1) is 0 Å². The van der Waals surface area contributed by atoms with Gasteiger partial charge in [-0.3, -0.25) is 13.8 Å². The fourth-order valence-electron chi connectivity index (χ4n) is 6.47. The van der Waals surface area contributed by atoms with E-state index >= 15 is 0 Å². The van der Waals surface area contributed by atoms with E-state index in [-0.39, 0.29) is 32.3 Å². The first-order chi connectivity index (χ1) is 27.9. The van der Waals surface area contributed by atoms with Gasteiger partial charge >= 0.3 is 13.8 Å². The van der Waals surface area contributed by atoms with Crippen LogP contribution in [0, 0.1) is 0 Å². The van der Waals surface area contributed by atoms with Crippen molar-refractivity contribution in [1.29, 1.82) is 0 Å². The number of esters is 1. The Kier molecular flexibility index (Phi) is 44.3. The number of hydrogen-bond acceptors (Lipinski definition) is 7. The van der Waals surface area contributed by atoms with Crippen LogP contribution in [-0.2, 0) is 27.9 Å². The summed E-state index contributed by atoms with van der Waals surface area (Å²) in [5.74, 6) is -0.342.